The lowest BCUT2D eigenvalue weighted by Crippen LogP contribution is -2.11. The fourth-order valence-corrected chi connectivity index (χ4v) is 2.48. The number of carbonyl (C=O) groups is 2. The molecule has 1 aromatic rings. The number of hydrogen-bond acceptors (Lipinski definition) is 6. The van der Waals surface area contributed by atoms with Crippen LogP contribution in [0.3, 0.4) is 0 Å². The molecule has 0 aliphatic heterocycles. The third-order valence-electron chi connectivity index (χ3n) is 2.53. The zero-order valence-corrected chi connectivity index (χ0v) is 13.2. The molecule has 0 saturated heterocycles. The Morgan fingerprint density at radius 3 is 1.84 bits per heavy atom. The number of esters is 1. The summed E-state index contributed by atoms with van der Waals surface area (Å²) in [7, 11) is -3.07. The maximum Gasteiger partial charge on any atom is 0.338 e. The van der Waals surface area contributed by atoms with Crippen LogP contribution in [0.5, 0.6) is 0 Å². The number of ether oxygens (including phenoxy) is 1. The molecule has 0 spiro atoms. The molecule has 0 amide bonds. The Hall–Kier alpha value is -1.49. The number of Topliss-reactive ketones (excluding diaryl/α,β-unsaturated/α-hetero) is 1. The minimum absolute atomic E-state index is 0. The van der Waals surface area contributed by atoms with E-state index >= 15 is 0 Å². The lowest BCUT2D eigenvalue weighted by atomic mass is 10.1. The minimum Gasteiger partial charge on any atom is -0.460 e. The largest absolute Gasteiger partial charge is 0.460 e. The standard InChI is InChI=1S/C14H19O6P.4CH4/c1-4-19-21(3,17)20-10-9-18-14(16)13-7-5-12(6-8-13)11(2)15;;;;/h5-8H,4,9-10H2,1-3H3;4*1H4. The van der Waals surface area contributed by atoms with Crippen molar-refractivity contribution in [3.63, 3.8) is 0 Å². The van der Waals surface area contributed by atoms with Gasteiger partial charge in [-0.3, -0.25) is 9.36 Å². The molecule has 7 heteroatoms. The third kappa shape index (κ3) is 11.6. The lowest BCUT2D eigenvalue weighted by molar-refractivity contribution is 0.0437. The Bertz CT molecular complexity index is 539. The first-order chi connectivity index (χ1) is 9.85. The number of ketones is 1. The van der Waals surface area contributed by atoms with Gasteiger partial charge in [0.2, 0.25) is 0 Å². The fourth-order valence-electron chi connectivity index (χ4n) is 1.53. The van der Waals surface area contributed by atoms with E-state index in [2.05, 4.69) is 0 Å². The van der Waals surface area contributed by atoms with Gasteiger partial charge in [0.05, 0.1) is 18.8 Å². The van der Waals surface area contributed by atoms with E-state index < -0.39 is 13.6 Å². The molecule has 1 atom stereocenters. The summed E-state index contributed by atoms with van der Waals surface area (Å²) in [5, 5.41) is 0. The van der Waals surface area contributed by atoms with E-state index in [0.29, 0.717) is 11.1 Å². The molecule has 25 heavy (non-hydrogen) atoms. The molecule has 0 aliphatic rings. The van der Waals surface area contributed by atoms with Crippen molar-refractivity contribution in [2.24, 2.45) is 0 Å². The van der Waals surface area contributed by atoms with E-state index in [1.807, 2.05) is 0 Å². The van der Waals surface area contributed by atoms with Gasteiger partial charge in [-0.1, -0.05) is 41.8 Å². The molecule has 1 aromatic carbocycles. The van der Waals surface area contributed by atoms with Gasteiger partial charge in [-0.2, -0.15) is 0 Å². The van der Waals surface area contributed by atoms with Gasteiger partial charge in [0.25, 0.3) is 0 Å². The number of benzene rings is 1. The van der Waals surface area contributed by atoms with Crippen LogP contribution in [0.4, 0.5) is 0 Å². The summed E-state index contributed by atoms with van der Waals surface area (Å²) in [6, 6.07) is 6.16. The Labute approximate surface area is 153 Å². The Morgan fingerprint density at radius 1 is 0.920 bits per heavy atom. The van der Waals surface area contributed by atoms with Crippen molar-refractivity contribution in [1.29, 1.82) is 0 Å². The molecule has 0 aliphatic carbocycles. The molecular weight excluding hydrogens is 343 g/mol. The van der Waals surface area contributed by atoms with E-state index in [1.54, 1.807) is 19.1 Å². The summed E-state index contributed by atoms with van der Waals surface area (Å²) in [6.07, 6.45) is 0. The van der Waals surface area contributed by atoms with Gasteiger partial charge in [-0.25, -0.2) is 4.79 Å². The van der Waals surface area contributed by atoms with Crippen LogP contribution < -0.4 is 0 Å². The molecule has 0 N–H and O–H groups in total. The van der Waals surface area contributed by atoms with Crippen molar-refractivity contribution in [3.8, 4) is 0 Å². The van der Waals surface area contributed by atoms with Crippen molar-refractivity contribution >= 4 is 19.3 Å². The second-order valence-electron chi connectivity index (χ2n) is 4.29. The molecule has 148 valence electrons. The number of hydrogen-bond donors (Lipinski definition) is 0. The normalized spacial score (nSPS) is 11.3. The SMILES string of the molecule is C.C.C.C.CCOP(C)(=O)OCCOC(=O)c1ccc(C(C)=O)cc1. The van der Waals surface area contributed by atoms with E-state index in [4.69, 9.17) is 13.8 Å². The van der Waals surface area contributed by atoms with Crippen LogP contribution in [0.2, 0.25) is 0 Å². The van der Waals surface area contributed by atoms with E-state index in [0.717, 1.165) is 0 Å². The van der Waals surface area contributed by atoms with Crippen LogP contribution in [-0.4, -0.2) is 38.2 Å². The van der Waals surface area contributed by atoms with E-state index in [1.165, 1.54) is 25.7 Å². The average molecular weight is 378 g/mol. The highest BCUT2D eigenvalue weighted by Crippen LogP contribution is 2.43. The van der Waals surface area contributed by atoms with Crippen LogP contribution in [-0.2, 0) is 18.3 Å². The van der Waals surface area contributed by atoms with Gasteiger partial charge in [0.15, 0.2) is 5.78 Å². The molecule has 1 rings (SSSR count). The van der Waals surface area contributed by atoms with Crippen molar-refractivity contribution in [2.75, 3.05) is 26.5 Å². The fraction of sp³-hybridized carbons (Fsp3) is 0.556. The van der Waals surface area contributed by atoms with E-state index in [9.17, 15) is 14.2 Å². The maximum absolute atomic E-state index is 11.7. The first-order valence-corrected chi connectivity index (χ1v) is 8.49. The summed E-state index contributed by atoms with van der Waals surface area (Å²) < 4.78 is 26.5. The predicted molar refractivity (Wildman–Crippen MR) is 105 cm³/mol. The van der Waals surface area contributed by atoms with Gasteiger partial charge >= 0.3 is 13.6 Å². The minimum atomic E-state index is -3.07. The van der Waals surface area contributed by atoms with Gasteiger partial charge in [0.1, 0.15) is 6.61 Å². The van der Waals surface area contributed by atoms with Crippen molar-refractivity contribution in [1.82, 2.24) is 0 Å². The molecule has 0 bridgehead atoms. The Kier molecular flexibility index (Phi) is 18.6. The van der Waals surface area contributed by atoms with E-state index in [-0.39, 0.29) is 55.3 Å². The summed E-state index contributed by atoms with van der Waals surface area (Å²) in [5.41, 5.74) is 0.864. The van der Waals surface area contributed by atoms with Crippen molar-refractivity contribution in [2.45, 2.75) is 43.6 Å². The number of rotatable bonds is 8. The van der Waals surface area contributed by atoms with Crippen LogP contribution in [0.15, 0.2) is 24.3 Å². The topological polar surface area (TPSA) is 78.9 Å². The third-order valence-corrected chi connectivity index (χ3v) is 3.91. The highest BCUT2D eigenvalue weighted by atomic mass is 31.2. The predicted octanol–water partition coefficient (Wildman–Crippen LogP) is 5.47. The molecule has 6 nitrogen and oxygen atoms in total. The van der Waals surface area contributed by atoms with Crippen LogP contribution in [0.25, 0.3) is 0 Å². The first-order valence-electron chi connectivity index (χ1n) is 6.50. The Morgan fingerprint density at radius 2 is 1.40 bits per heavy atom. The molecule has 0 saturated carbocycles. The van der Waals surface area contributed by atoms with Crippen LogP contribution in [0.1, 0.15) is 64.3 Å². The zero-order chi connectivity index (χ0) is 15.9. The highest BCUT2D eigenvalue weighted by Gasteiger charge is 2.16. The molecule has 0 fully saturated rings. The number of carbonyl (C=O) groups excluding carboxylic acids is 2. The monoisotopic (exact) mass is 378 g/mol. The summed E-state index contributed by atoms with van der Waals surface area (Å²) >= 11 is 0. The lowest BCUT2D eigenvalue weighted by Gasteiger charge is -2.12. The highest BCUT2D eigenvalue weighted by molar-refractivity contribution is 7.52. The summed E-state index contributed by atoms with van der Waals surface area (Å²) in [6.45, 7) is 4.77. The zero-order valence-electron chi connectivity index (χ0n) is 12.3. The average Bonchev–Trinajstić information content (AvgIpc) is 2.43. The smallest absolute Gasteiger partial charge is 0.338 e. The van der Waals surface area contributed by atoms with Gasteiger partial charge in [-0.05, 0) is 26.0 Å². The van der Waals surface area contributed by atoms with Crippen molar-refractivity contribution in [3.05, 3.63) is 35.4 Å². The van der Waals surface area contributed by atoms with Gasteiger partial charge < -0.3 is 13.8 Å². The van der Waals surface area contributed by atoms with Gasteiger partial charge in [-0.15, -0.1) is 0 Å². The van der Waals surface area contributed by atoms with Crippen LogP contribution in [0, 0.1) is 0 Å². The van der Waals surface area contributed by atoms with Gasteiger partial charge in [0, 0.05) is 12.2 Å². The quantitative estimate of drug-likeness (QED) is 0.258. The molecule has 0 heterocycles. The maximum atomic E-state index is 11.7. The summed E-state index contributed by atoms with van der Waals surface area (Å²) in [4.78, 5) is 22.8. The van der Waals surface area contributed by atoms with Crippen LogP contribution >= 0.6 is 7.60 Å². The molecule has 0 aromatic heterocycles. The molecule has 1 unspecified atom stereocenters. The molecule has 0 radical (unpaired) electrons. The molecular formula is C18H35O6P. The van der Waals surface area contributed by atoms with Crippen molar-refractivity contribution < 1.29 is 27.9 Å². The second kappa shape index (κ2) is 14.8. The Balaban J connectivity index is -0.000000551. The first kappa shape index (κ1) is 31.3. The summed E-state index contributed by atoms with van der Waals surface area (Å²) in [5.74, 6) is -0.603. The second-order valence-corrected chi connectivity index (χ2v) is 6.35.